The average molecular weight is 332 g/mol. The number of pyridine rings is 1. The van der Waals surface area contributed by atoms with E-state index in [4.69, 9.17) is 5.11 Å². The Hall–Kier alpha value is -2.32. The molecule has 0 radical (unpaired) electrons. The number of carbonyl (C=O) groups excluding carboxylic acids is 1. The van der Waals surface area contributed by atoms with Gasteiger partial charge in [0.1, 0.15) is 5.69 Å². The van der Waals surface area contributed by atoms with Crippen LogP contribution >= 0.6 is 0 Å². The van der Waals surface area contributed by atoms with Gasteiger partial charge in [0.2, 0.25) is 5.88 Å². The molecule has 2 rings (SSSR count). The van der Waals surface area contributed by atoms with Gasteiger partial charge in [0, 0.05) is 18.7 Å². The summed E-state index contributed by atoms with van der Waals surface area (Å²) in [5, 5.41) is 8.85. The van der Waals surface area contributed by atoms with Gasteiger partial charge in [-0.05, 0) is 18.9 Å². The quantitative estimate of drug-likeness (QED) is 0.893. The summed E-state index contributed by atoms with van der Waals surface area (Å²) in [7, 11) is 0. The number of carboxylic acid groups (broad SMARTS) is 1. The lowest BCUT2D eigenvalue weighted by Crippen LogP contribution is -2.37. The number of hydrogen-bond acceptors (Lipinski definition) is 4. The molecule has 1 aliphatic heterocycles. The van der Waals surface area contributed by atoms with Crippen molar-refractivity contribution in [2.45, 2.75) is 31.5 Å². The Morgan fingerprint density at radius 2 is 2.13 bits per heavy atom. The molecule has 1 aliphatic rings. The Labute approximate surface area is 129 Å². The van der Waals surface area contributed by atoms with Gasteiger partial charge in [-0.25, -0.2) is 4.98 Å². The Kier molecular flexibility index (Phi) is 5.07. The van der Waals surface area contributed by atoms with Crippen LogP contribution in [0.2, 0.25) is 0 Å². The van der Waals surface area contributed by atoms with Crippen molar-refractivity contribution in [3.8, 4) is 5.88 Å². The molecule has 126 valence electrons. The first-order valence-electron chi connectivity index (χ1n) is 6.95. The van der Waals surface area contributed by atoms with E-state index in [2.05, 4.69) is 9.72 Å². The van der Waals surface area contributed by atoms with Gasteiger partial charge in [-0.15, -0.1) is 0 Å². The highest BCUT2D eigenvalue weighted by molar-refractivity contribution is 5.93. The minimum atomic E-state index is -4.50. The number of nitrogens with zero attached hydrogens (tertiary/aromatic N) is 2. The van der Waals surface area contributed by atoms with Crippen molar-refractivity contribution < 1.29 is 32.6 Å². The minimum absolute atomic E-state index is 0.0676. The number of halogens is 3. The van der Waals surface area contributed by atoms with Crippen molar-refractivity contribution in [2.24, 2.45) is 0 Å². The zero-order valence-corrected chi connectivity index (χ0v) is 12.0. The maximum absolute atomic E-state index is 12.4. The molecule has 0 spiro atoms. The number of hydrogen-bond donors (Lipinski definition) is 1. The minimum Gasteiger partial charge on any atom is -0.481 e. The van der Waals surface area contributed by atoms with E-state index >= 15 is 0 Å². The van der Waals surface area contributed by atoms with E-state index < -0.39 is 30.7 Å². The van der Waals surface area contributed by atoms with Crippen LogP contribution in [0.5, 0.6) is 5.88 Å². The zero-order valence-electron chi connectivity index (χ0n) is 12.0. The molecule has 0 aliphatic carbocycles. The standard InChI is InChI=1S/C14H15F3N2O4/c15-14(16,17)8-23-11-5-1-4-10(18-11)13(22)19-6-2-3-9(19)7-12(20)21/h1,4-5,9H,2-3,6-8H2,(H,20,21). The van der Waals surface area contributed by atoms with Gasteiger partial charge < -0.3 is 14.7 Å². The largest absolute Gasteiger partial charge is 0.481 e. The molecule has 1 atom stereocenters. The number of likely N-dealkylation sites (tertiary alicyclic amines) is 1. The predicted octanol–water partition coefficient (Wildman–Crippen LogP) is 2.10. The predicted molar refractivity (Wildman–Crippen MR) is 72.1 cm³/mol. The number of alkyl halides is 3. The van der Waals surface area contributed by atoms with E-state index in [-0.39, 0.29) is 18.0 Å². The molecule has 9 heteroatoms. The fraction of sp³-hybridized carbons (Fsp3) is 0.500. The van der Waals surface area contributed by atoms with Crippen molar-refractivity contribution in [3.63, 3.8) is 0 Å². The van der Waals surface area contributed by atoms with Gasteiger partial charge in [0.15, 0.2) is 6.61 Å². The van der Waals surface area contributed by atoms with E-state index in [0.717, 1.165) is 0 Å². The normalized spacial score (nSPS) is 18.0. The summed E-state index contributed by atoms with van der Waals surface area (Å²) in [4.78, 5) is 28.4. The molecule has 6 nitrogen and oxygen atoms in total. The van der Waals surface area contributed by atoms with Crippen LogP contribution in [0.3, 0.4) is 0 Å². The Morgan fingerprint density at radius 3 is 2.78 bits per heavy atom. The third-order valence-electron chi connectivity index (χ3n) is 3.37. The third-order valence-corrected chi connectivity index (χ3v) is 3.37. The highest BCUT2D eigenvalue weighted by Gasteiger charge is 2.32. The first-order chi connectivity index (χ1) is 10.8. The van der Waals surface area contributed by atoms with E-state index in [9.17, 15) is 22.8 Å². The fourth-order valence-electron chi connectivity index (χ4n) is 2.43. The molecule has 1 aromatic heterocycles. The lowest BCUT2D eigenvalue weighted by atomic mass is 10.1. The SMILES string of the molecule is O=C(O)CC1CCCN1C(=O)c1cccc(OCC(F)(F)F)n1. The van der Waals surface area contributed by atoms with E-state index in [1.54, 1.807) is 0 Å². The van der Waals surface area contributed by atoms with Crippen LogP contribution in [0.1, 0.15) is 29.8 Å². The van der Waals surface area contributed by atoms with E-state index in [0.29, 0.717) is 19.4 Å². The summed E-state index contributed by atoms with van der Waals surface area (Å²) < 4.78 is 40.9. The molecule has 0 aromatic carbocycles. The molecule has 1 unspecified atom stereocenters. The molecular formula is C14H15F3N2O4. The summed E-state index contributed by atoms with van der Waals surface area (Å²) >= 11 is 0. The molecule has 1 N–H and O–H groups in total. The number of carboxylic acids is 1. The summed E-state index contributed by atoms with van der Waals surface area (Å²) in [6.45, 7) is -1.10. The Bertz CT molecular complexity index is 592. The van der Waals surface area contributed by atoms with E-state index in [1.807, 2.05) is 0 Å². The summed E-state index contributed by atoms with van der Waals surface area (Å²) in [5.41, 5.74) is -0.0676. The molecule has 1 fully saturated rings. The summed E-state index contributed by atoms with van der Waals surface area (Å²) in [6, 6.07) is 3.52. The van der Waals surface area contributed by atoms with E-state index in [1.165, 1.54) is 23.1 Å². The summed E-state index contributed by atoms with van der Waals surface area (Å²) in [5.74, 6) is -1.82. The van der Waals surface area contributed by atoms with Crippen LogP contribution in [-0.4, -0.2) is 52.2 Å². The van der Waals surface area contributed by atoms with Crippen LogP contribution in [0.4, 0.5) is 13.2 Å². The number of amides is 1. The lowest BCUT2D eigenvalue weighted by Gasteiger charge is -2.23. The Balaban J connectivity index is 2.08. The molecule has 2 heterocycles. The molecule has 1 aromatic rings. The number of rotatable bonds is 5. The van der Waals surface area contributed by atoms with Gasteiger partial charge in [-0.3, -0.25) is 9.59 Å². The second kappa shape index (κ2) is 6.84. The van der Waals surface area contributed by atoms with Crippen LogP contribution in [0.25, 0.3) is 0 Å². The van der Waals surface area contributed by atoms with Crippen molar-refractivity contribution in [2.75, 3.05) is 13.2 Å². The molecule has 1 amide bonds. The lowest BCUT2D eigenvalue weighted by molar-refractivity contribution is -0.154. The molecule has 0 saturated carbocycles. The zero-order chi connectivity index (χ0) is 17.0. The maximum atomic E-state index is 12.4. The van der Waals surface area contributed by atoms with Gasteiger partial charge >= 0.3 is 12.1 Å². The Morgan fingerprint density at radius 1 is 1.39 bits per heavy atom. The maximum Gasteiger partial charge on any atom is 0.422 e. The fourth-order valence-corrected chi connectivity index (χ4v) is 2.43. The van der Waals surface area contributed by atoms with Gasteiger partial charge in [-0.1, -0.05) is 6.07 Å². The van der Waals surface area contributed by atoms with Crippen molar-refractivity contribution in [1.82, 2.24) is 9.88 Å². The van der Waals surface area contributed by atoms with Crippen LogP contribution in [0.15, 0.2) is 18.2 Å². The van der Waals surface area contributed by atoms with Crippen molar-refractivity contribution >= 4 is 11.9 Å². The van der Waals surface area contributed by atoms with Crippen LogP contribution < -0.4 is 4.74 Å². The highest BCUT2D eigenvalue weighted by Crippen LogP contribution is 2.23. The second-order valence-electron chi connectivity index (χ2n) is 5.16. The average Bonchev–Trinajstić information content (AvgIpc) is 2.91. The molecular weight excluding hydrogens is 317 g/mol. The molecule has 0 bridgehead atoms. The van der Waals surface area contributed by atoms with Crippen molar-refractivity contribution in [3.05, 3.63) is 23.9 Å². The summed E-state index contributed by atoms with van der Waals surface area (Å²) in [6.07, 6.45) is -3.42. The first kappa shape index (κ1) is 17.0. The topological polar surface area (TPSA) is 79.7 Å². The highest BCUT2D eigenvalue weighted by atomic mass is 19.4. The number of aliphatic carboxylic acids is 1. The monoisotopic (exact) mass is 332 g/mol. The number of aromatic nitrogens is 1. The molecule has 1 saturated heterocycles. The third kappa shape index (κ3) is 4.83. The second-order valence-corrected chi connectivity index (χ2v) is 5.16. The smallest absolute Gasteiger partial charge is 0.422 e. The number of ether oxygens (including phenoxy) is 1. The van der Waals surface area contributed by atoms with Gasteiger partial charge in [0.05, 0.1) is 6.42 Å². The number of carbonyl (C=O) groups is 2. The van der Waals surface area contributed by atoms with Gasteiger partial charge in [0.25, 0.3) is 5.91 Å². The first-order valence-corrected chi connectivity index (χ1v) is 6.95. The van der Waals surface area contributed by atoms with Crippen LogP contribution in [0, 0.1) is 0 Å². The van der Waals surface area contributed by atoms with Gasteiger partial charge in [-0.2, -0.15) is 13.2 Å². The van der Waals surface area contributed by atoms with Crippen LogP contribution in [-0.2, 0) is 4.79 Å². The van der Waals surface area contributed by atoms with Crippen molar-refractivity contribution in [1.29, 1.82) is 0 Å². The molecule has 23 heavy (non-hydrogen) atoms.